The van der Waals surface area contributed by atoms with Crippen molar-refractivity contribution in [3.8, 4) is 0 Å². The van der Waals surface area contributed by atoms with E-state index in [0.29, 0.717) is 12.8 Å². The van der Waals surface area contributed by atoms with E-state index in [0.717, 1.165) is 5.57 Å². The molecule has 1 aliphatic carbocycles. The van der Waals surface area contributed by atoms with Gasteiger partial charge in [0.25, 0.3) is 0 Å². The van der Waals surface area contributed by atoms with E-state index in [1.54, 1.807) is 25.2 Å². The zero-order valence-electron chi connectivity index (χ0n) is 16.7. The second kappa shape index (κ2) is 12.6. The van der Waals surface area contributed by atoms with Gasteiger partial charge in [-0.1, -0.05) is 51.2 Å². The summed E-state index contributed by atoms with van der Waals surface area (Å²) in [5.74, 6) is -1.46. The SMILES string of the molecule is C=C/C=C\C(=C/C)CN(CC(O)C(F)(F)Cl)C1CCCC(C(F)(F)F)C1.CC. The lowest BCUT2D eigenvalue weighted by Crippen LogP contribution is -2.48. The van der Waals surface area contributed by atoms with Gasteiger partial charge >= 0.3 is 11.6 Å². The number of nitrogens with zero attached hydrogens (tertiary/aromatic N) is 1. The summed E-state index contributed by atoms with van der Waals surface area (Å²) in [5, 5.41) is 5.83. The molecule has 3 atom stereocenters. The van der Waals surface area contributed by atoms with Crippen molar-refractivity contribution in [3.05, 3.63) is 36.5 Å². The number of allylic oxidation sites excluding steroid dienone is 3. The average molecular weight is 432 g/mol. The van der Waals surface area contributed by atoms with Gasteiger partial charge in [0.1, 0.15) is 6.10 Å². The molecule has 0 saturated heterocycles. The third kappa shape index (κ3) is 9.52. The highest BCUT2D eigenvalue weighted by Gasteiger charge is 2.44. The molecule has 2 nitrogen and oxygen atoms in total. The topological polar surface area (TPSA) is 23.5 Å². The van der Waals surface area contributed by atoms with E-state index in [1.165, 1.54) is 11.0 Å². The molecule has 1 fully saturated rings. The van der Waals surface area contributed by atoms with Crippen LogP contribution in [0.15, 0.2) is 36.5 Å². The van der Waals surface area contributed by atoms with Crippen molar-refractivity contribution < 1.29 is 27.1 Å². The first-order chi connectivity index (χ1) is 13.0. The predicted octanol–water partition coefficient (Wildman–Crippen LogP) is 6.32. The summed E-state index contributed by atoms with van der Waals surface area (Å²) >= 11 is 4.89. The van der Waals surface area contributed by atoms with Crippen LogP contribution in [-0.4, -0.2) is 46.8 Å². The Labute approximate surface area is 169 Å². The highest BCUT2D eigenvalue weighted by atomic mass is 35.5. The van der Waals surface area contributed by atoms with Crippen molar-refractivity contribution in [2.75, 3.05) is 13.1 Å². The van der Waals surface area contributed by atoms with Gasteiger partial charge in [0.05, 0.1) is 5.92 Å². The molecule has 0 aromatic rings. The zero-order chi connectivity index (χ0) is 22.0. The van der Waals surface area contributed by atoms with Crippen molar-refractivity contribution in [2.45, 2.75) is 70.2 Å². The van der Waals surface area contributed by atoms with E-state index < -0.39 is 36.2 Å². The molecular formula is C20H31ClF5NO. The van der Waals surface area contributed by atoms with Crippen LogP contribution in [0.3, 0.4) is 0 Å². The first kappa shape index (κ1) is 27.1. The lowest BCUT2D eigenvalue weighted by molar-refractivity contribution is -0.187. The van der Waals surface area contributed by atoms with Crippen molar-refractivity contribution in [1.29, 1.82) is 0 Å². The lowest BCUT2D eigenvalue weighted by Gasteiger charge is -2.39. The van der Waals surface area contributed by atoms with Gasteiger partial charge in [-0.3, -0.25) is 4.90 Å². The summed E-state index contributed by atoms with van der Waals surface area (Å²) < 4.78 is 65.6. The highest BCUT2D eigenvalue weighted by Crippen LogP contribution is 2.39. The standard InChI is InChI=1S/C18H25ClF5NO.C2H6/c1-3-5-7-13(4-2)11-25(12-16(26)17(19,20)21)15-9-6-8-14(10-15)18(22,23)24;1-2/h3-5,7,14-16,26H,1,6,8-12H2,2H3;1-2H3/b7-5-,13-4+;. The second-order valence-electron chi connectivity index (χ2n) is 6.50. The van der Waals surface area contributed by atoms with Crippen LogP contribution in [0.2, 0.25) is 0 Å². The largest absolute Gasteiger partial charge is 0.391 e. The summed E-state index contributed by atoms with van der Waals surface area (Å²) in [6, 6.07) is -0.559. The zero-order valence-corrected chi connectivity index (χ0v) is 17.4. The first-order valence-electron chi connectivity index (χ1n) is 9.48. The van der Waals surface area contributed by atoms with Crippen LogP contribution in [-0.2, 0) is 0 Å². The van der Waals surface area contributed by atoms with Gasteiger partial charge in [0.15, 0.2) is 0 Å². The highest BCUT2D eigenvalue weighted by molar-refractivity contribution is 6.22. The Kier molecular flexibility index (Phi) is 12.2. The summed E-state index contributed by atoms with van der Waals surface area (Å²) in [4.78, 5) is 1.47. The van der Waals surface area contributed by atoms with Crippen LogP contribution in [0.1, 0.15) is 46.5 Å². The maximum Gasteiger partial charge on any atom is 0.391 e. The molecule has 1 saturated carbocycles. The van der Waals surface area contributed by atoms with E-state index in [-0.39, 0.29) is 19.4 Å². The number of hydrogen-bond donors (Lipinski definition) is 1. The molecule has 0 heterocycles. The van der Waals surface area contributed by atoms with Gasteiger partial charge in [0.2, 0.25) is 0 Å². The minimum atomic E-state index is -4.31. The average Bonchev–Trinajstić information content (AvgIpc) is 2.64. The molecule has 0 spiro atoms. The number of hydrogen-bond acceptors (Lipinski definition) is 2. The third-order valence-corrected chi connectivity index (χ3v) is 4.87. The molecule has 0 aromatic heterocycles. The number of alkyl halides is 6. The molecule has 0 aliphatic heterocycles. The molecule has 0 amide bonds. The Morgan fingerprint density at radius 3 is 2.32 bits per heavy atom. The second-order valence-corrected chi connectivity index (χ2v) is 7.01. The fourth-order valence-corrected chi connectivity index (χ4v) is 3.20. The van der Waals surface area contributed by atoms with E-state index in [2.05, 4.69) is 6.58 Å². The van der Waals surface area contributed by atoms with Gasteiger partial charge < -0.3 is 5.11 Å². The maximum atomic E-state index is 13.2. The third-order valence-electron chi connectivity index (χ3n) is 4.61. The summed E-state index contributed by atoms with van der Waals surface area (Å²) in [6.45, 7) is 8.92. The van der Waals surface area contributed by atoms with E-state index in [4.69, 9.17) is 11.6 Å². The molecular weight excluding hydrogens is 401 g/mol. The molecule has 1 aliphatic rings. The molecule has 0 bridgehead atoms. The Bertz CT molecular complexity index is 514. The molecule has 164 valence electrons. The van der Waals surface area contributed by atoms with E-state index in [9.17, 15) is 27.1 Å². The normalized spacial score (nSPS) is 22.8. The van der Waals surface area contributed by atoms with E-state index >= 15 is 0 Å². The molecule has 8 heteroatoms. The Morgan fingerprint density at radius 1 is 1.25 bits per heavy atom. The van der Waals surface area contributed by atoms with Gasteiger partial charge in [-0.05, 0) is 43.4 Å². The monoisotopic (exact) mass is 431 g/mol. The first-order valence-corrected chi connectivity index (χ1v) is 9.86. The molecule has 3 unspecified atom stereocenters. The Morgan fingerprint density at radius 2 is 1.86 bits per heavy atom. The number of rotatable bonds is 8. The summed E-state index contributed by atoms with van der Waals surface area (Å²) in [7, 11) is 0. The minimum absolute atomic E-state index is 0.0366. The lowest BCUT2D eigenvalue weighted by atomic mass is 9.84. The minimum Gasteiger partial charge on any atom is -0.384 e. The number of aliphatic hydroxyl groups is 1. The van der Waals surface area contributed by atoms with Crippen LogP contribution in [0, 0.1) is 5.92 Å². The summed E-state index contributed by atoms with van der Waals surface area (Å²) in [6.07, 6.45) is 0.818. The van der Waals surface area contributed by atoms with E-state index in [1.807, 2.05) is 13.8 Å². The van der Waals surface area contributed by atoms with Gasteiger partial charge in [-0.15, -0.1) is 0 Å². The fourth-order valence-electron chi connectivity index (χ4n) is 3.13. The predicted molar refractivity (Wildman–Crippen MR) is 105 cm³/mol. The van der Waals surface area contributed by atoms with Crippen LogP contribution < -0.4 is 0 Å². The maximum absolute atomic E-state index is 13.2. The Balaban J connectivity index is 0.00000352. The molecule has 0 radical (unpaired) electrons. The molecule has 28 heavy (non-hydrogen) atoms. The smallest absolute Gasteiger partial charge is 0.384 e. The quantitative estimate of drug-likeness (QED) is 0.276. The number of halogens is 6. The van der Waals surface area contributed by atoms with Gasteiger partial charge in [0, 0.05) is 19.1 Å². The van der Waals surface area contributed by atoms with Crippen molar-refractivity contribution in [3.63, 3.8) is 0 Å². The fraction of sp³-hybridized carbons (Fsp3) is 0.700. The van der Waals surface area contributed by atoms with Crippen molar-refractivity contribution in [1.82, 2.24) is 4.90 Å². The van der Waals surface area contributed by atoms with Crippen LogP contribution in [0.5, 0.6) is 0 Å². The summed E-state index contributed by atoms with van der Waals surface area (Å²) in [5.41, 5.74) is 0.726. The van der Waals surface area contributed by atoms with Crippen LogP contribution in [0.4, 0.5) is 22.0 Å². The molecule has 1 N–H and O–H groups in total. The Hall–Kier alpha value is -0.920. The van der Waals surface area contributed by atoms with Crippen molar-refractivity contribution >= 4 is 11.6 Å². The van der Waals surface area contributed by atoms with Gasteiger partial charge in [-0.25, -0.2) is 0 Å². The van der Waals surface area contributed by atoms with Crippen LogP contribution in [0.25, 0.3) is 0 Å². The number of aliphatic hydroxyl groups excluding tert-OH is 1. The molecule has 0 aromatic carbocycles. The molecule has 1 rings (SSSR count). The van der Waals surface area contributed by atoms with Gasteiger partial charge in [-0.2, -0.15) is 22.0 Å². The van der Waals surface area contributed by atoms with Crippen molar-refractivity contribution in [2.24, 2.45) is 5.92 Å². The van der Waals surface area contributed by atoms with Crippen LogP contribution >= 0.6 is 11.6 Å².